The number of hydrogen-bond donors (Lipinski definition) is 0. The standard InChI is InChI=1S/C21H26N2O5S/c1-22(2)23(18-12-13-29(25,26)16-18)21(24)15-28-20-10-8-19(9-11-20)27-14-17-6-4-3-5-7-17/h3-11,18H,12-16H2,1-2H3/t18-/m0/s1. The fraction of sp³-hybridized carbons (Fsp3) is 0.381. The monoisotopic (exact) mass is 418 g/mol. The summed E-state index contributed by atoms with van der Waals surface area (Å²) in [5.74, 6) is 1.08. The van der Waals surface area contributed by atoms with Crippen LogP contribution in [0.1, 0.15) is 12.0 Å². The zero-order chi connectivity index (χ0) is 20.9. The molecule has 1 heterocycles. The van der Waals surface area contributed by atoms with Crippen molar-refractivity contribution in [1.29, 1.82) is 0 Å². The molecule has 8 heteroatoms. The van der Waals surface area contributed by atoms with Crippen LogP contribution in [-0.2, 0) is 21.2 Å². The van der Waals surface area contributed by atoms with E-state index in [1.54, 1.807) is 43.4 Å². The summed E-state index contributed by atoms with van der Waals surface area (Å²) in [4.78, 5) is 12.6. The smallest absolute Gasteiger partial charge is 0.275 e. The molecule has 2 aromatic carbocycles. The Hall–Kier alpha value is -2.58. The zero-order valence-electron chi connectivity index (χ0n) is 16.7. The molecule has 1 aliphatic rings. The molecule has 1 saturated heterocycles. The lowest BCUT2D eigenvalue weighted by Crippen LogP contribution is -2.51. The van der Waals surface area contributed by atoms with Gasteiger partial charge >= 0.3 is 0 Å². The van der Waals surface area contributed by atoms with Crippen LogP contribution in [0, 0.1) is 0 Å². The number of ether oxygens (including phenoxy) is 2. The average molecular weight is 419 g/mol. The van der Waals surface area contributed by atoms with E-state index in [1.165, 1.54) is 5.01 Å². The SMILES string of the molecule is CN(C)N(C(=O)COc1ccc(OCc2ccccc2)cc1)[C@H]1CCS(=O)(=O)C1. The summed E-state index contributed by atoms with van der Waals surface area (Å²) in [7, 11) is 0.368. The van der Waals surface area contributed by atoms with Crippen molar-refractivity contribution in [2.75, 3.05) is 32.2 Å². The van der Waals surface area contributed by atoms with Crippen molar-refractivity contribution >= 4 is 15.7 Å². The maximum Gasteiger partial charge on any atom is 0.275 e. The maximum atomic E-state index is 12.6. The lowest BCUT2D eigenvalue weighted by Gasteiger charge is -2.33. The Labute approximate surface area is 171 Å². The van der Waals surface area contributed by atoms with E-state index < -0.39 is 9.84 Å². The van der Waals surface area contributed by atoms with Crippen LogP contribution in [0.3, 0.4) is 0 Å². The molecule has 7 nitrogen and oxygen atoms in total. The molecule has 0 bridgehead atoms. The Balaban J connectivity index is 1.52. The molecule has 1 atom stereocenters. The van der Waals surface area contributed by atoms with E-state index >= 15 is 0 Å². The number of sulfone groups is 1. The molecule has 0 unspecified atom stereocenters. The topological polar surface area (TPSA) is 76.2 Å². The van der Waals surface area contributed by atoms with Crippen LogP contribution in [0.25, 0.3) is 0 Å². The van der Waals surface area contributed by atoms with Crippen molar-refractivity contribution in [2.24, 2.45) is 0 Å². The fourth-order valence-corrected chi connectivity index (χ4v) is 5.00. The number of nitrogens with zero attached hydrogens (tertiary/aromatic N) is 2. The molecule has 1 fully saturated rings. The molecule has 0 N–H and O–H groups in total. The molecule has 3 rings (SSSR count). The highest BCUT2D eigenvalue weighted by Crippen LogP contribution is 2.21. The van der Waals surface area contributed by atoms with Crippen LogP contribution < -0.4 is 9.47 Å². The Bertz CT molecular complexity index is 914. The quantitative estimate of drug-likeness (QED) is 0.612. The van der Waals surface area contributed by atoms with Gasteiger partial charge in [-0.3, -0.25) is 9.80 Å². The summed E-state index contributed by atoms with van der Waals surface area (Å²) in [5, 5.41) is 3.10. The highest BCUT2D eigenvalue weighted by molar-refractivity contribution is 7.91. The lowest BCUT2D eigenvalue weighted by molar-refractivity contribution is -0.151. The molecule has 0 saturated carbocycles. The average Bonchev–Trinajstić information content (AvgIpc) is 3.05. The third-order valence-corrected chi connectivity index (χ3v) is 6.43. The van der Waals surface area contributed by atoms with Crippen LogP contribution in [0.2, 0.25) is 0 Å². The van der Waals surface area contributed by atoms with E-state index in [0.717, 1.165) is 5.56 Å². The van der Waals surface area contributed by atoms with Gasteiger partial charge in [0, 0.05) is 14.1 Å². The number of hydrazine groups is 1. The second-order valence-electron chi connectivity index (χ2n) is 7.18. The minimum absolute atomic E-state index is 0.00955. The normalized spacial score (nSPS) is 17.8. The predicted octanol–water partition coefficient (Wildman–Crippen LogP) is 2.14. The Morgan fingerprint density at radius 3 is 2.17 bits per heavy atom. The summed E-state index contributed by atoms with van der Waals surface area (Å²) < 4.78 is 34.8. The Morgan fingerprint density at radius 1 is 1.00 bits per heavy atom. The van der Waals surface area contributed by atoms with Crippen LogP contribution >= 0.6 is 0 Å². The summed E-state index contributed by atoms with van der Waals surface area (Å²) >= 11 is 0. The summed E-state index contributed by atoms with van der Waals surface area (Å²) in [6.45, 7) is 0.306. The first-order chi connectivity index (χ1) is 13.8. The molecule has 0 radical (unpaired) electrons. The largest absolute Gasteiger partial charge is 0.489 e. The fourth-order valence-electron chi connectivity index (χ4n) is 3.31. The van der Waals surface area contributed by atoms with Crippen molar-refractivity contribution < 1.29 is 22.7 Å². The van der Waals surface area contributed by atoms with Crippen LogP contribution in [0.4, 0.5) is 0 Å². The highest BCUT2D eigenvalue weighted by Gasteiger charge is 2.36. The predicted molar refractivity (Wildman–Crippen MR) is 110 cm³/mol. The van der Waals surface area contributed by atoms with Crippen molar-refractivity contribution in [1.82, 2.24) is 10.0 Å². The number of carbonyl (C=O) groups excluding carboxylic acids is 1. The van der Waals surface area contributed by atoms with Gasteiger partial charge in [-0.15, -0.1) is 0 Å². The van der Waals surface area contributed by atoms with Gasteiger partial charge in [0.05, 0.1) is 17.5 Å². The molecular formula is C21H26N2O5S. The van der Waals surface area contributed by atoms with Crippen molar-refractivity contribution in [3.63, 3.8) is 0 Å². The van der Waals surface area contributed by atoms with Gasteiger partial charge in [-0.1, -0.05) is 30.3 Å². The molecule has 0 aliphatic carbocycles. The van der Waals surface area contributed by atoms with Gasteiger partial charge in [0.15, 0.2) is 16.4 Å². The van der Waals surface area contributed by atoms with E-state index in [4.69, 9.17) is 9.47 Å². The molecule has 1 amide bonds. The van der Waals surface area contributed by atoms with Gasteiger partial charge in [0.2, 0.25) is 0 Å². The van der Waals surface area contributed by atoms with Gasteiger partial charge in [0.25, 0.3) is 5.91 Å². The third-order valence-electron chi connectivity index (χ3n) is 4.68. The summed E-state index contributed by atoms with van der Waals surface area (Å²) in [6, 6.07) is 16.6. The van der Waals surface area contributed by atoms with Crippen molar-refractivity contribution in [3.8, 4) is 11.5 Å². The molecule has 2 aromatic rings. The van der Waals surface area contributed by atoms with E-state index in [-0.39, 0.29) is 30.1 Å². The summed E-state index contributed by atoms with van der Waals surface area (Å²) in [6.07, 6.45) is 0.444. The molecule has 1 aliphatic heterocycles. The zero-order valence-corrected chi connectivity index (χ0v) is 17.5. The second kappa shape index (κ2) is 9.28. The first kappa shape index (κ1) is 21.1. The van der Waals surface area contributed by atoms with Gasteiger partial charge in [0.1, 0.15) is 18.1 Å². The number of benzene rings is 2. The Morgan fingerprint density at radius 2 is 1.62 bits per heavy atom. The number of rotatable bonds is 8. The van der Waals surface area contributed by atoms with Crippen LogP contribution in [0.5, 0.6) is 11.5 Å². The van der Waals surface area contributed by atoms with E-state index in [2.05, 4.69) is 0 Å². The minimum atomic E-state index is -3.08. The Kier molecular flexibility index (Phi) is 6.76. The van der Waals surface area contributed by atoms with E-state index in [1.807, 2.05) is 30.3 Å². The van der Waals surface area contributed by atoms with Gasteiger partial charge in [-0.25, -0.2) is 13.4 Å². The maximum absolute atomic E-state index is 12.6. The second-order valence-corrected chi connectivity index (χ2v) is 9.41. The number of carbonyl (C=O) groups is 1. The van der Waals surface area contributed by atoms with E-state index in [9.17, 15) is 13.2 Å². The molecule has 0 aromatic heterocycles. The minimum Gasteiger partial charge on any atom is -0.489 e. The highest BCUT2D eigenvalue weighted by atomic mass is 32.2. The number of amides is 1. The number of hydrogen-bond acceptors (Lipinski definition) is 6. The first-order valence-electron chi connectivity index (χ1n) is 9.43. The van der Waals surface area contributed by atoms with E-state index in [0.29, 0.717) is 24.5 Å². The summed E-state index contributed by atoms with van der Waals surface area (Å²) in [5.41, 5.74) is 1.08. The van der Waals surface area contributed by atoms with Crippen molar-refractivity contribution in [3.05, 3.63) is 60.2 Å². The van der Waals surface area contributed by atoms with Crippen LogP contribution in [0.15, 0.2) is 54.6 Å². The lowest BCUT2D eigenvalue weighted by atomic mass is 10.2. The molecular weight excluding hydrogens is 392 g/mol. The molecule has 29 heavy (non-hydrogen) atoms. The van der Waals surface area contributed by atoms with Crippen molar-refractivity contribution in [2.45, 2.75) is 19.1 Å². The molecule has 156 valence electrons. The van der Waals surface area contributed by atoms with Gasteiger partial charge < -0.3 is 9.47 Å². The van der Waals surface area contributed by atoms with Gasteiger partial charge in [-0.05, 0) is 36.2 Å². The first-order valence-corrected chi connectivity index (χ1v) is 11.3. The molecule has 0 spiro atoms. The third kappa shape index (κ3) is 5.95. The van der Waals surface area contributed by atoms with Gasteiger partial charge in [-0.2, -0.15) is 0 Å². The van der Waals surface area contributed by atoms with Crippen LogP contribution in [-0.4, -0.2) is 62.6 Å².